The van der Waals surface area contributed by atoms with Gasteiger partial charge in [0.2, 0.25) is 5.91 Å². The molecule has 1 unspecified atom stereocenters. The van der Waals surface area contributed by atoms with Gasteiger partial charge >= 0.3 is 0 Å². The molecule has 0 aromatic heterocycles. The van der Waals surface area contributed by atoms with Gasteiger partial charge in [-0.1, -0.05) is 12.2 Å². The van der Waals surface area contributed by atoms with E-state index in [-0.39, 0.29) is 5.91 Å². The Morgan fingerprint density at radius 2 is 2.30 bits per heavy atom. The van der Waals surface area contributed by atoms with Gasteiger partial charge in [-0.05, 0) is 13.8 Å². The molecule has 0 radical (unpaired) electrons. The topological polar surface area (TPSA) is 49.3 Å². The molecule has 0 aliphatic carbocycles. The Hall–Kier alpha value is -0.830. The van der Waals surface area contributed by atoms with Gasteiger partial charge < -0.3 is 10.4 Å². The largest absolute Gasteiger partial charge is 0.384 e. The maximum absolute atomic E-state index is 10.6. The Morgan fingerprint density at radius 1 is 1.80 bits per heavy atom. The molecule has 3 heteroatoms. The van der Waals surface area contributed by atoms with Gasteiger partial charge in [0, 0.05) is 6.54 Å². The number of nitrogens with one attached hydrogen (secondary N) is 1. The zero-order chi connectivity index (χ0) is 8.15. The van der Waals surface area contributed by atoms with Crippen molar-refractivity contribution in [2.24, 2.45) is 0 Å². The fourth-order valence-electron chi connectivity index (χ4n) is 0.386. The van der Waals surface area contributed by atoms with Crippen molar-refractivity contribution in [3.8, 4) is 0 Å². The molecule has 58 valence electrons. The fraction of sp³-hybridized carbons (Fsp3) is 0.571. The van der Waals surface area contributed by atoms with Crippen LogP contribution < -0.4 is 5.32 Å². The zero-order valence-corrected chi connectivity index (χ0v) is 6.35. The fourth-order valence-corrected chi connectivity index (χ4v) is 0.386. The SMILES string of the molecule is C=C(C)CNC(=O)C(C)O. The Kier molecular flexibility index (Phi) is 3.72. The van der Waals surface area contributed by atoms with E-state index in [2.05, 4.69) is 11.9 Å². The van der Waals surface area contributed by atoms with E-state index in [4.69, 9.17) is 5.11 Å². The van der Waals surface area contributed by atoms with Crippen LogP contribution in [-0.4, -0.2) is 23.7 Å². The van der Waals surface area contributed by atoms with E-state index in [1.807, 2.05) is 6.92 Å². The van der Waals surface area contributed by atoms with Gasteiger partial charge in [-0.15, -0.1) is 0 Å². The van der Waals surface area contributed by atoms with Crippen LogP contribution >= 0.6 is 0 Å². The maximum atomic E-state index is 10.6. The summed E-state index contributed by atoms with van der Waals surface area (Å²) in [5.41, 5.74) is 0.869. The molecule has 0 aromatic carbocycles. The lowest BCUT2D eigenvalue weighted by molar-refractivity contribution is -0.128. The first kappa shape index (κ1) is 9.17. The molecule has 0 saturated carbocycles. The summed E-state index contributed by atoms with van der Waals surface area (Å²) in [5, 5.41) is 11.2. The average molecular weight is 143 g/mol. The molecule has 0 fully saturated rings. The van der Waals surface area contributed by atoms with Crippen molar-refractivity contribution in [3.63, 3.8) is 0 Å². The first-order valence-electron chi connectivity index (χ1n) is 3.14. The third kappa shape index (κ3) is 4.09. The number of carbonyl (C=O) groups excluding carboxylic acids is 1. The summed E-state index contributed by atoms with van der Waals surface area (Å²) in [5.74, 6) is -0.358. The van der Waals surface area contributed by atoms with Crippen LogP contribution in [0.5, 0.6) is 0 Å². The van der Waals surface area contributed by atoms with Gasteiger partial charge in [0.1, 0.15) is 6.10 Å². The third-order valence-corrected chi connectivity index (χ3v) is 0.944. The summed E-state index contributed by atoms with van der Waals surface area (Å²) in [4.78, 5) is 10.6. The van der Waals surface area contributed by atoms with Crippen molar-refractivity contribution in [2.75, 3.05) is 6.54 Å². The van der Waals surface area contributed by atoms with Crippen LogP contribution in [0.1, 0.15) is 13.8 Å². The summed E-state index contributed by atoms with van der Waals surface area (Å²) >= 11 is 0. The normalized spacial score (nSPS) is 12.3. The molecule has 10 heavy (non-hydrogen) atoms. The number of aliphatic hydroxyl groups is 1. The molecule has 0 aliphatic heterocycles. The van der Waals surface area contributed by atoms with Crippen LogP contribution in [0.3, 0.4) is 0 Å². The van der Waals surface area contributed by atoms with Crippen LogP contribution in [0.4, 0.5) is 0 Å². The third-order valence-electron chi connectivity index (χ3n) is 0.944. The van der Waals surface area contributed by atoms with Crippen LogP contribution in [0, 0.1) is 0 Å². The van der Waals surface area contributed by atoms with Crippen molar-refractivity contribution in [1.29, 1.82) is 0 Å². The van der Waals surface area contributed by atoms with Crippen molar-refractivity contribution >= 4 is 5.91 Å². The van der Waals surface area contributed by atoms with Gasteiger partial charge in [-0.25, -0.2) is 0 Å². The van der Waals surface area contributed by atoms with E-state index in [9.17, 15) is 4.79 Å². The number of rotatable bonds is 3. The van der Waals surface area contributed by atoms with E-state index in [1.165, 1.54) is 6.92 Å². The molecule has 0 bridgehead atoms. The first-order chi connectivity index (χ1) is 4.54. The highest BCUT2D eigenvalue weighted by Crippen LogP contribution is 1.84. The minimum Gasteiger partial charge on any atom is -0.384 e. The van der Waals surface area contributed by atoms with Gasteiger partial charge in [0.05, 0.1) is 0 Å². The zero-order valence-electron chi connectivity index (χ0n) is 6.35. The van der Waals surface area contributed by atoms with Crippen LogP contribution in [0.15, 0.2) is 12.2 Å². The molecule has 0 aromatic rings. The Balaban J connectivity index is 3.50. The van der Waals surface area contributed by atoms with Gasteiger partial charge in [0.15, 0.2) is 0 Å². The highest BCUT2D eigenvalue weighted by molar-refractivity contribution is 5.80. The molecule has 1 amide bonds. The minimum absolute atomic E-state index is 0.358. The maximum Gasteiger partial charge on any atom is 0.248 e. The van der Waals surface area contributed by atoms with Gasteiger partial charge in [-0.3, -0.25) is 4.79 Å². The summed E-state index contributed by atoms with van der Waals surface area (Å²) < 4.78 is 0. The predicted octanol–water partition coefficient (Wildman–Crippen LogP) is 0.0595. The van der Waals surface area contributed by atoms with E-state index in [0.29, 0.717) is 6.54 Å². The summed E-state index contributed by atoms with van der Waals surface area (Å²) in [7, 11) is 0. The smallest absolute Gasteiger partial charge is 0.248 e. The van der Waals surface area contributed by atoms with Crippen molar-refractivity contribution in [1.82, 2.24) is 5.32 Å². The summed E-state index contributed by atoms with van der Waals surface area (Å²) in [6, 6.07) is 0. The standard InChI is InChI=1S/C7H13NO2/c1-5(2)4-8-7(10)6(3)9/h6,9H,1,4H2,2-3H3,(H,8,10). The lowest BCUT2D eigenvalue weighted by Gasteiger charge is -2.05. The minimum atomic E-state index is -0.931. The quantitative estimate of drug-likeness (QED) is 0.549. The lowest BCUT2D eigenvalue weighted by Crippen LogP contribution is -2.33. The van der Waals surface area contributed by atoms with Crippen molar-refractivity contribution in [2.45, 2.75) is 20.0 Å². The van der Waals surface area contributed by atoms with E-state index >= 15 is 0 Å². The molecular formula is C7H13NO2. The first-order valence-corrected chi connectivity index (χ1v) is 3.14. The van der Waals surface area contributed by atoms with Crippen molar-refractivity contribution in [3.05, 3.63) is 12.2 Å². The average Bonchev–Trinajstić information content (AvgIpc) is 1.82. The second kappa shape index (κ2) is 4.06. The van der Waals surface area contributed by atoms with E-state index in [1.54, 1.807) is 0 Å². The summed E-state index contributed by atoms with van der Waals surface area (Å²) in [6.07, 6.45) is -0.931. The van der Waals surface area contributed by atoms with Crippen LogP contribution in [0.25, 0.3) is 0 Å². The molecule has 0 heterocycles. The molecule has 0 aliphatic rings. The second-order valence-electron chi connectivity index (χ2n) is 2.35. The Bertz CT molecular complexity index is 141. The van der Waals surface area contributed by atoms with Gasteiger partial charge in [-0.2, -0.15) is 0 Å². The summed E-state index contributed by atoms with van der Waals surface area (Å²) in [6.45, 7) is 7.26. The second-order valence-corrected chi connectivity index (χ2v) is 2.35. The van der Waals surface area contributed by atoms with Crippen LogP contribution in [0.2, 0.25) is 0 Å². The molecule has 2 N–H and O–H groups in total. The van der Waals surface area contributed by atoms with Crippen LogP contribution in [-0.2, 0) is 4.79 Å². The van der Waals surface area contributed by atoms with Crippen molar-refractivity contribution < 1.29 is 9.90 Å². The Labute approximate surface area is 60.7 Å². The predicted molar refractivity (Wildman–Crippen MR) is 39.5 cm³/mol. The highest BCUT2D eigenvalue weighted by Gasteiger charge is 2.05. The number of hydrogen-bond acceptors (Lipinski definition) is 2. The molecule has 0 rings (SSSR count). The van der Waals surface area contributed by atoms with E-state index < -0.39 is 6.10 Å². The molecular weight excluding hydrogens is 130 g/mol. The number of amides is 1. The molecule has 0 spiro atoms. The molecule has 0 saturated heterocycles. The number of aliphatic hydroxyl groups excluding tert-OH is 1. The highest BCUT2D eigenvalue weighted by atomic mass is 16.3. The monoisotopic (exact) mass is 143 g/mol. The van der Waals surface area contributed by atoms with Gasteiger partial charge in [0.25, 0.3) is 0 Å². The lowest BCUT2D eigenvalue weighted by atomic mass is 10.3. The van der Waals surface area contributed by atoms with E-state index in [0.717, 1.165) is 5.57 Å². The number of hydrogen-bond donors (Lipinski definition) is 2. The number of carbonyl (C=O) groups is 1. The Morgan fingerprint density at radius 3 is 2.60 bits per heavy atom. The molecule has 3 nitrogen and oxygen atoms in total. The molecule has 1 atom stereocenters.